The first kappa shape index (κ1) is 19.9. The number of hydrogen-bond acceptors (Lipinski definition) is 4. The van der Waals surface area contributed by atoms with Crippen LogP contribution in [-0.2, 0) is 9.53 Å². The standard InChI is InChI=1S/C16H31N3O2/c1-8-9-10-18-13(20)16(6,7)19-14(2,3)12-21-15(4,5)11-17/h19H,8-10,12H2,1-7H3,(H,18,20). The highest BCUT2D eigenvalue weighted by atomic mass is 16.5. The monoisotopic (exact) mass is 297 g/mol. The quantitative estimate of drug-likeness (QED) is 0.641. The van der Waals surface area contributed by atoms with Gasteiger partial charge in [-0.05, 0) is 48.0 Å². The number of carbonyl (C=O) groups is 1. The van der Waals surface area contributed by atoms with E-state index in [4.69, 9.17) is 10.00 Å². The Hall–Kier alpha value is -1.12. The molecular weight excluding hydrogens is 266 g/mol. The van der Waals surface area contributed by atoms with Crippen molar-refractivity contribution in [2.75, 3.05) is 13.2 Å². The van der Waals surface area contributed by atoms with E-state index < -0.39 is 16.7 Å². The highest BCUT2D eigenvalue weighted by molar-refractivity contribution is 5.85. The number of carbonyl (C=O) groups excluding carboxylic acids is 1. The molecule has 0 aromatic carbocycles. The van der Waals surface area contributed by atoms with Gasteiger partial charge in [0.1, 0.15) is 5.60 Å². The van der Waals surface area contributed by atoms with Gasteiger partial charge in [-0.1, -0.05) is 13.3 Å². The highest BCUT2D eigenvalue weighted by Crippen LogP contribution is 2.16. The molecule has 0 unspecified atom stereocenters. The maximum absolute atomic E-state index is 12.2. The van der Waals surface area contributed by atoms with Crippen LogP contribution in [-0.4, -0.2) is 35.7 Å². The van der Waals surface area contributed by atoms with Gasteiger partial charge in [0, 0.05) is 12.1 Å². The van der Waals surface area contributed by atoms with Crippen molar-refractivity contribution in [2.24, 2.45) is 0 Å². The van der Waals surface area contributed by atoms with E-state index in [9.17, 15) is 4.79 Å². The van der Waals surface area contributed by atoms with Gasteiger partial charge in [-0.25, -0.2) is 0 Å². The smallest absolute Gasteiger partial charge is 0.239 e. The molecule has 0 aliphatic heterocycles. The minimum Gasteiger partial charge on any atom is -0.359 e. The molecule has 0 aromatic rings. The third-order valence-corrected chi connectivity index (χ3v) is 3.10. The van der Waals surface area contributed by atoms with Crippen LogP contribution in [0.15, 0.2) is 0 Å². The van der Waals surface area contributed by atoms with Crippen LogP contribution in [0.1, 0.15) is 61.3 Å². The van der Waals surface area contributed by atoms with Crippen molar-refractivity contribution >= 4 is 5.91 Å². The Kier molecular flexibility index (Phi) is 7.35. The first-order valence-corrected chi connectivity index (χ1v) is 7.58. The van der Waals surface area contributed by atoms with Crippen LogP contribution in [0.2, 0.25) is 0 Å². The van der Waals surface area contributed by atoms with Gasteiger partial charge >= 0.3 is 0 Å². The summed E-state index contributed by atoms with van der Waals surface area (Å²) >= 11 is 0. The van der Waals surface area contributed by atoms with E-state index in [1.807, 2.05) is 27.7 Å². The molecular formula is C16H31N3O2. The molecule has 0 saturated carbocycles. The fraction of sp³-hybridized carbons (Fsp3) is 0.875. The van der Waals surface area contributed by atoms with Gasteiger partial charge in [0.05, 0.1) is 18.2 Å². The fourth-order valence-electron chi connectivity index (χ4n) is 1.93. The molecule has 0 rings (SSSR count). The minimum atomic E-state index is -0.827. The summed E-state index contributed by atoms with van der Waals surface area (Å²) in [6.07, 6.45) is 2.03. The van der Waals surface area contributed by atoms with Crippen LogP contribution in [0.5, 0.6) is 0 Å². The molecule has 5 heteroatoms. The summed E-state index contributed by atoms with van der Waals surface area (Å²) in [6, 6.07) is 2.10. The fourth-order valence-corrected chi connectivity index (χ4v) is 1.93. The van der Waals surface area contributed by atoms with Crippen LogP contribution in [0, 0.1) is 11.3 Å². The van der Waals surface area contributed by atoms with E-state index in [2.05, 4.69) is 23.6 Å². The van der Waals surface area contributed by atoms with Crippen LogP contribution < -0.4 is 10.6 Å². The molecule has 0 saturated heterocycles. The lowest BCUT2D eigenvalue weighted by molar-refractivity contribution is -0.127. The summed E-state index contributed by atoms with van der Waals surface area (Å²) in [5.41, 5.74) is -1.94. The predicted octanol–water partition coefficient (Wildman–Crippen LogP) is 2.37. The molecule has 0 aromatic heterocycles. The van der Waals surface area contributed by atoms with Crippen LogP contribution in [0.25, 0.3) is 0 Å². The van der Waals surface area contributed by atoms with E-state index in [1.54, 1.807) is 13.8 Å². The zero-order chi connectivity index (χ0) is 16.7. The number of nitrogens with zero attached hydrogens (tertiary/aromatic N) is 1. The van der Waals surface area contributed by atoms with E-state index in [0.29, 0.717) is 13.2 Å². The van der Waals surface area contributed by atoms with Crippen LogP contribution in [0.4, 0.5) is 0 Å². The van der Waals surface area contributed by atoms with Crippen molar-refractivity contribution in [3.05, 3.63) is 0 Å². The highest BCUT2D eigenvalue weighted by Gasteiger charge is 2.34. The second-order valence-corrected chi connectivity index (χ2v) is 7.15. The Bertz CT molecular complexity index is 381. The molecule has 0 radical (unpaired) electrons. The molecule has 21 heavy (non-hydrogen) atoms. The summed E-state index contributed by atoms with van der Waals surface area (Å²) < 4.78 is 5.61. The first-order valence-electron chi connectivity index (χ1n) is 7.58. The normalized spacial score (nSPS) is 12.9. The molecule has 0 aliphatic carbocycles. The number of nitriles is 1. The Morgan fingerprint density at radius 3 is 2.24 bits per heavy atom. The Labute approximate surface area is 129 Å². The van der Waals surface area contributed by atoms with Gasteiger partial charge in [0.15, 0.2) is 0 Å². The molecule has 5 nitrogen and oxygen atoms in total. The molecule has 0 aliphatic rings. The Balaban J connectivity index is 4.53. The number of rotatable bonds is 9. The van der Waals surface area contributed by atoms with E-state index >= 15 is 0 Å². The number of ether oxygens (including phenoxy) is 1. The SMILES string of the molecule is CCCCNC(=O)C(C)(C)NC(C)(C)COC(C)(C)C#N. The lowest BCUT2D eigenvalue weighted by atomic mass is 9.96. The lowest BCUT2D eigenvalue weighted by Crippen LogP contribution is -2.61. The first-order chi connectivity index (χ1) is 9.46. The van der Waals surface area contributed by atoms with Gasteiger partial charge in [-0.2, -0.15) is 5.26 Å². The molecule has 0 heterocycles. The van der Waals surface area contributed by atoms with Crippen molar-refractivity contribution in [3.63, 3.8) is 0 Å². The number of unbranched alkanes of at least 4 members (excludes halogenated alkanes) is 1. The second-order valence-electron chi connectivity index (χ2n) is 7.15. The zero-order valence-electron chi connectivity index (χ0n) is 14.6. The van der Waals surface area contributed by atoms with Crippen molar-refractivity contribution in [1.82, 2.24) is 10.6 Å². The predicted molar refractivity (Wildman–Crippen MR) is 84.9 cm³/mol. The minimum absolute atomic E-state index is 0.0245. The van der Waals surface area contributed by atoms with Crippen LogP contribution >= 0.6 is 0 Å². The van der Waals surface area contributed by atoms with Gasteiger partial charge in [0.25, 0.3) is 0 Å². The summed E-state index contributed by atoms with van der Waals surface area (Å²) in [6.45, 7) is 14.2. The largest absolute Gasteiger partial charge is 0.359 e. The Morgan fingerprint density at radius 2 is 1.76 bits per heavy atom. The molecule has 0 atom stereocenters. The summed E-state index contributed by atoms with van der Waals surface area (Å²) in [7, 11) is 0. The molecule has 1 amide bonds. The second kappa shape index (κ2) is 7.77. The number of hydrogen-bond donors (Lipinski definition) is 2. The van der Waals surface area contributed by atoms with Crippen LogP contribution in [0.3, 0.4) is 0 Å². The molecule has 0 fully saturated rings. The molecule has 0 spiro atoms. The van der Waals surface area contributed by atoms with Crippen molar-refractivity contribution < 1.29 is 9.53 Å². The molecule has 2 N–H and O–H groups in total. The number of nitrogens with one attached hydrogen (secondary N) is 2. The van der Waals surface area contributed by atoms with E-state index in [1.165, 1.54) is 0 Å². The average molecular weight is 297 g/mol. The summed E-state index contributed by atoms with van der Waals surface area (Å²) in [5, 5.41) is 15.2. The topological polar surface area (TPSA) is 74.2 Å². The molecule has 0 bridgehead atoms. The summed E-state index contributed by atoms with van der Waals surface area (Å²) in [5.74, 6) is -0.0245. The maximum Gasteiger partial charge on any atom is 0.239 e. The number of amides is 1. The molecule has 122 valence electrons. The Morgan fingerprint density at radius 1 is 1.19 bits per heavy atom. The third kappa shape index (κ3) is 8.03. The van der Waals surface area contributed by atoms with Gasteiger partial charge < -0.3 is 10.1 Å². The lowest BCUT2D eigenvalue weighted by Gasteiger charge is -2.37. The van der Waals surface area contributed by atoms with Gasteiger partial charge in [-0.3, -0.25) is 10.1 Å². The van der Waals surface area contributed by atoms with Gasteiger partial charge in [0.2, 0.25) is 5.91 Å². The van der Waals surface area contributed by atoms with Crippen molar-refractivity contribution in [2.45, 2.75) is 78.0 Å². The van der Waals surface area contributed by atoms with E-state index in [0.717, 1.165) is 12.8 Å². The average Bonchev–Trinajstić information content (AvgIpc) is 2.36. The van der Waals surface area contributed by atoms with Crippen molar-refractivity contribution in [1.29, 1.82) is 5.26 Å². The van der Waals surface area contributed by atoms with Crippen molar-refractivity contribution in [3.8, 4) is 6.07 Å². The summed E-state index contributed by atoms with van der Waals surface area (Å²) in [4.78, 5) is 12.2. The maximum atomic E-state index is 12.2. The zero-order valence-corrected chi connectivity index (χ0v) is 14.6. The van der Waals surface area contributed by atoms with E-state index in [-0.39, 0.29) is 5.91 Å². The third-order valence-electron chi connectivity index (χ3n) is 3.10. The van der Waals surface area contributed by atoms with Gasteiger partial charge in [-0.15, -0.1) is 0 Å².